The number of hydrogen-bond acceptors (Lipinski definition) is 4. The van der Waals surface area contributed by atoms with Gasteiger partial charge in [-0.1, -0.05) is 26.2 Å². The quantitative estimate of drug-likeness (QED) is 0.477. The first kappa shape index (κ1) is 26.9. The van der Waals surface area contributed by atoms with Crippen LogP contribution in [0.2, 0.25) is 0 Å². The molecule has 1 aliphatic rings. The highest BCUT2D eigenvalue weighted by molar-refractivity contribution is 5.88. The van der Waals surface area contributed by atoms with Gasteiger partial charge in [0, 0.05) is 31.9 Å². The Morgan fingerprint density at radius 1 is 0.968 bits per heavy atom. The Bertz CT molecular complexity index is 813. The molecule has 0 unspecified atom stereocenters. The van der Waals surface area contributed by atoms with Crippen LogP contribution in [-0.2, 0) is 0 Å². The van der Waals surface area contributed by atoms with Crippen LogP contribution in [0, 0.1) is 5.82 Å². The number of anilines is 2. The second kappa shape index (κ2) is 13.3. The number of carboxylic acids is 1. The maximum absolute atomic E-state index is 14.3. The number of rotatable bonds is 9. The third kappa shape index (κ3) is 7.47. The van der Waals surface area contributed by atoms with Crippen molar-refractivity contribution in [3.8, 4) is 5.75 Å². The molecule has 1 saturated heterocycles. The number of unbranched alkanes of at least 4 members (excludes halogenated alkanes) is 3. The second-order valence-corrected chi connectivity index (χ2v) is 7.35. The van der Waals surface area contributed by atoms with Crippen molar-refractivity contribution >= 4 is 42.2 Å². The lowest BCUT2D eigenvalue weighted by Gasteiger charge is -2.37. The van der Waals surface area contributed by atoms with Gasteiger partial charge < -0.3 is 19.6 Å². The molecule has 0 spiro atoms. The zero-order chi connectivity index (χ0) is 20.6. The van der Waals surface area contributed by atoms with E-state index in [2.05, 4.69) is 24.0 Å². The summed E-state index contributed by atoms with van der Waals surface area (Å²) in [5, 5.41) is 8.98. The van der Waals surface area contributed by atoms with Crippen LogP contribution in [0.5, 0.6) is 5.75 Å². The van der Waals surface area contributed by atoms with Gasteiger partial charge in [0.05, 0.1) is 17.9 Å². The topological polar surface area (TPSA) is 53.0 Å². The molecule has 0 amide bonds. The average Bonchev–Trinajstić information content (AvgIpc) is 2.74. The van der Waals surface area contributed by atoms with Crippen molar-refractivity contribution in [2.24, 2.45) is 0 Å². The first-order chi connectivity index (χ1) is 14.1. The van der Waals surface area contributed by atoms with Crippen LogP contribution in [0.3, 0.4) is 0 Å². The smallest absolute Gasteiger partial charge is 0.335 e. The van der Waals surface area contributed by atoms with E-state index in [9.17, 15) is 9.18 Å². The van der Waals surface area contributed by atoms with E-state index in [1.165, 1.54) is 25.3 Å². The zero-order valence-corrected chi connectivity index (χ0v) is 19.4. The maximum atomic E-state index is 14.3. The molecule has 1 N–H and O–H groups in total. The fourth-order valence-corrected chi connectivity index (χ4v) is 3.57. The second-order valence-electron chi connectivity index (χ2n) is 7.35. The van der Waals surface area contributed by atoms with Crippen LogP contribution >= 0.6 is 24.8 Å². The molecular weight excluding hydrogens is 442 g/mol. The van der Waals surface area contributed by atoms with Gasteiger partial charge in [-0.25, -0.2) is 9.18 Å². The molecule has 1 fully saturated rings. The molecule has 172 valence electrons. The maximum Gasteiger partial charge on any atom is 0.335 e. The summed E-state index contributed by atoms with van der Waals surface area (Å²) in [7, 11) is 0. The van der Waals surface area contributed by atoms with Crippen molar-refractivity contribution in [2.45, 2.75) is 32.6 Å². The third-order valence-corrected chi connectivity index (χ3v) is 5.28. The van der Waals surface area contributed by atoms with Crippen molar-refractivity contribution in [3.05, 3.63) is 53.8 Å². The molecule has 31 heavy (non-hydrogen) atoms. The number of carboxylic acid groups (broad SMARTS) is 1. The van der Waals surface area contributed by atoms with Crippen molar-refractivity contribution in [1.82, 2.24) is 0 Å². The first-order valence-electron chi connectivity index (χ1n) is 10.3. The molecule has 2 aromatic rings. The highest BCUT2D eigenvalue weighted by Crippen LogP contribution is 2.25. The minimum absolute atomic E-state index is 0. The summed E-state index contributed by atoms with van der Waals surface area (Å²) in [5.74, 6) is -0.711. The fraction of sp³-hybridized carbons (Fsp3) is 0.435. The van der Waals surface area contributed by atoms with Crippen molar-refractivity contribution in [3.63, 3.8) is 0 Å². The van der Waals surface area contributed by atoms with Gasteiger partial charge in [-0.2, -0.15) is 0 Å². The standard InChI is InChI=1S/C23H29FN2O3.2ClH/c1-2-3-4-5-16-29-20-9-7-19(8-10-20)25-12-14-26(15-13-25)22-11-6-18(23(27)28)17-21(22)24;;/h6-11,17H,2-5,12-16H2,1H3,(H,27,28);2*1H. The Morgan fingerprint density at radius 2 is 1.61 bits per heavy atom. The van der Waals surface area contributed by atoms with Gasteiger partial charge in [-0.05, 0) is 48.9 Å². The molecule has 2 aromatic carbocycles. The van der Waals surface area contributed by atoms with E-state index < -0.39 is 11.8 Å². The van der Waals surface area contributed by atoms with Gasteiger partial charge >= 0.3 is 5.97 Å². The first-order valence-corrected chi connectivity index (χ1v) is 10.3. The molecule has 0 aliphatic carbocycles. The minimum Gasteiger partial charge on any atom is -0.494 e. The number of aromatic carboxylic acids is 1. The minimum atomic E-state index is -1.12. The normalized spacial score (nSPS) is 13.2. The average molecular weight is 473 g/mol. The largest absolute Gasteiger partial charge is 0.494 e. The summed E-state index contributed by atoms with van der Waals surface area (Å²) in [6.45, 7) is 5.86. The summed E-state index contributed by atoms with van der Waals surface area (Å²) in [6, 6.07) is 12.2. The summed E-state index contributed by atoms with van der Waals surface area (Å²) in [5.41, 5.74) is 1.56. The Morgan fingerprint density at radius 3 is 2.19 bits per heavy atom. The highest BCUT2D eigenvalue weighted by atomic mass is 35.5. The number of halogens is 3. The highest BCUT2D eigenvalue weighted by Gasteiger charge is 2.20. The summed E-state index contributed by atoms with van der Waals surface area (Å²) >= 11 is 0. The molecule has 1 aliphatic heterocycles. The Labute approximate surface area is 196 Å². The van der Waals surface area contributed by atoms with Gasteiger partial charge in [0.1, 0.15) is 11.6 Å². The number of benzene rings is 2. The monoisotopic (exact) mass is 472 g/mol. The fourth-order valence-electron chi connectivity index (χ4n) is 3.57. The van der Waals surface area contributed by atoms with Gasteiger partial charge in [0.2, 0.25) is 0 Å². The van der Waals surface area contributed by atoms with Gasteiger partial charge in [-0.15, -0.1) is 24.8 Å². The third-order valence-electron chi connectivity index (χ3n) is 5.28. The van der Waals surface area contributed by atoms with Crippen LogP contribution in [0.15, 0.2) is 42.5 Å². The Balaban J connectivity index is 0.00000240. The van der Waals surface area contributed by atoms with E-state index in [0.29, 0.717) is 18.8 Å². The van der Waals surface area contributed by atoms with E-state index in [-0.39, 0.29) is 30.4 Å². The van der Waals surface area contributed by atoms with Gasteiger partial charge in [0.15, 0.2) is 0 Å². The Kier molecular flexibility index (Phi) is 11.5. The van der Waals surface area contributed by atoms with Crippen LogP contribution < -0.4 is 14.5 Å². The molecule has 0 radical (unpaired) electrons. The molecule has 0 saturated carbocycles. The number of carbonyl (C=O) groups is 1. The van der Waals surface area contributed by atoms with Crippen molar-refractivity contribution in [2.75, 3.05) is 42.6 Å². The Hall–Kier alpha value is -2.18. The van der Waals surface area contributed by atoms with Crippen LogP contribution in [-0.4, -0.2) is 43.9 Å². The molecular formula is C23H31Cl2FN2O3. The summed E-state index contributed by atoms with van der Waals surface area (Å²) in [4.78, 5) is 15.2. The predicted octanol–water partition coefficient (Wildman–Crippen LogP) is 5.65. The lowest BCUT2D eigenvalue weighted by atomic mass is 10.1. The number of ether oxygens (including phenoxy) is 1. The van der Waals surface area contributed by atoms with E-state index in [0.717, 1.165) is 43.6 Å². The molecule has 0 aromatic heterocycles. The van der Waals surface area contributed by atoms with E-state index in [1.807, 2.05) is 17.0 Å². The lowest BCUT2D eigenvalue weighted by Crippen LogP contribution is -2.46. The van der Waals surface area contributed by atoms with Crippen LogP contribution in [0.25, 0.3) is 0 Å². The molecule has 0 atom stereocenters. The van der Waals surface area contributed by atoms with Gasteiger partial charge in [-0.3, -0.25) is 0 Å². The van der Waals surface area contributed by atoms with E-state index in [1.54, 1.807) is 6.07 Å². The van der Waals surface area contributed by atoms with Crippen molar-refractivity contribution in [1.29, 1.82) is 0 Å². The van der Waals surface area contributed by atoms with E-state index in [4.69, 9.17) is 9.84 Å². The summed E-state index contributed by atoms with van der Waals surface area (Å²) in [6.07, 6.45) is 4.77. The van der Waals surface area contributed by atoms with Gasteiger partial charge in [0.25, 0.3) is 0 Å². The SMILES string of the molecule is CCCCCCOc1ccc(N2CCN(c3ccc(C(=O)O)cc3F)CC2)cc1.Cl.Cl. The zero-order valence-electron chi connectivity index (χ0n) is 17.8. The number of hydrogen-bond donors (Lipinski definition) is 1. The molecule has 3 rings (SSSR count). The summed E-state index contributed by atoms with van der Waals surface area (Å²) < 4.78 is 20.1. The van der Waals surface area contributed by atoms with Crippen LogP contribution in [0.1, 0.15) is 43.0 Å². The van der Waals surface area contributed by atoms with Crippen molar-refractivity contribution < 1.29 is 19.0 Å². The molecule has 1 heterocycles. The number of piperazine rings is 1. The number of nitrogens with zero attached hydrogens (tertiary/aromatic N) is 2. The van der Waals surface area contributed by atoms with Crippen LogP contribution in [0.4, 0.5) is 15.8 Å². The molecule has 0 bridgehead atoms. The lowest BCUT2D eigenvalue weighted by molar-refractivity contribution is 0.0696. The predicted molar refractivity (Wildman–Crippen MR) is 128 cm³/mol. The molecule has 5 nitrogen and oxygen atoms in total. The molecule has 8 heteroatoms. The van der Waals surface area contributed by atoms with E-state index >= 15 is 0 Å².